The van der Waals surface area contributed by atoms with Gasteiger partial charge >= 0.3 is 0 Å². The van der Waals surface area contributed by atoms with Gasteiger partial charge in [-0.15, -0.1) is 0 Å². The van der Waals surface area contributed by atoms with Crippen molar-refractivity contribution in [3.05, 3.63) is 15.9 Å². The Kier molecular flexibility index (Phi) is 2.47. The third kappa shape index (κ3) is 1.75. The van der Waals surface area contributed by atoms with Crippen LogP contribution in [-0.4, -0.2) is 15.6 Å². The summed E-state index contributed by atoms with van der Waals surface area (Å²) in [7, 11) is 1.88. The van der Waals surface area contributed by atoms with Gasteiger partial charge in [0.2, 0.25) is 0 Å². The molecule has 14 heavy (non-hydrogen) atoms. The molecular weight excluding hydrogens is 244 g/mol. The van der Waals surface area contributed by atoms with E-state index in [1.54, 1.807) is 4.68 Å². The van der Waals surface area contributed by atoms with Crippen molar-refractivity contribution in [2.75, 3.05) is 0 Å². The van der Waals surface area contributed by atoms with Crippen molar-refractivity contribution in [1.82, 2.24) is 9.78 Å². The third-order valence-electron chi connectivity index (χ3n) is 2.64. The van der Waals surface area contributed by atoms with Crippen LogP contribution in [0.4, 0.5) is 0 Å². The van der Waals surface area contributed by atoms with Crippen LogP contribution in [0.2, 0.25) is 0 Å². The molecule has 3 nitrogen and oxygen atoms in total. The molecule has 1 saturated carbocycles. The molecule has 1 heterocycles. The Hall–Kier alpha value is -0.640. The van der Waals surface area contributed by atoms with Gasteiger partial charge in [0.1, 0.15) is 5.78 Å². The standard InChI is InChI=1S/C10H13BrN2O/c1-6-10(11)8(13(2)12-6)5-9(14)7-3-4-7/h7H,3-5H2,1-2H3. The van der Waals surface area contributed by atoms with E-state index in [1.807, 2.05) is 14.0 Å². The first-order chi connectivity index (χ1) is 6.59. The average Bonchev–Trinajstić information content (AvgIpc) is 2.91. The van der Waals surface area contributed by atoms with Crippen molar-refractivity contribution in [3.8, 4) is 0 Å². The number of halogens is 1. The minimum atomic E-state index is 0.331. The minimum Gasteiger partial charge on any atom is -0.299 e. The molecule has 0 amide bonds. The van der Waals surface area contributed by atoms with Crippen LogP contribution in [0.15, 0.2) is 4.47 Å². The summed E-state index contributed by atoms with van der Waals surface area (Å²) in [6.45, 7) is 1.94. The Morgan fingerprint density at radius 3 is 2.71 bits per heavy atom. The number of hydrogen-bond acceptors (Lipinski definition) is 2. The Morgan fingerprint density at radius 2 is 2.29 bits per heavy atom. The highest BCUT2D eigenvalue weighted by atomic mass is 79.9. The fraction of sp³-hybridized carbons (Fsp3) is 0.600. The zero-order chi connectivity index (χ0) is 10.3. The Balaban J connectivity index is 2.18. The first kappa shape index (κ1) is 9.90. The fourth-order valence-corrected chi connectivity index (χ4v) is 2.06. The summed E-state index contributed by atoms with van der Waals surface area (Å²) in [4.78, 5) is 11.6. The predicted octanol–water partition coefficient (Wildman–Crippen LogP) is 2.01. The highest BCUT2D eigenvalue weighted by Gasteiger charge is 2.30. The van der Waals surface area contributed by atoms with Crippen LogP contribution in [0.3, 0.4) is 0 Å². The summed E-state index contributed by atoms with van der Waals surface area (Å²) in [6.07, 6.45) is 2.67. The lowest BCUT2D eigenvalue weighted by Crippen LogP contribution is -2.09. The lowest BCUT2D eigenvalue weighted by molar-refractivity contribution is -0.119. The number of rotatable bonds is 3. The predicted molar refractivity (Wildman–Crippen MR) is 57.1 cm³/mol. The molecular formula is C10H13BrN2O. The first-order valence-electron chi connectivity index (χ1n) is 4.80. The number of carbonyl (C=O) groups is 1. The summed E-state index contributed by atoms with van der Waals surface area (Å²) in [6, 6.07) is 0. The monoisotopic (exact) mass is 256 g/mol. The Labute approximate surface area is 91.6 Å². The largest absolute Gasteiger partial charge is 0.299 e. The zero-order valence-corrected chi connectivity index (χ0v) is 9.97. The van der Waals surface area contributed by atoms with E-state index < -0.39 is 0 Å². The Bertz CT molecular complexity index is 380. The SMILES string of the molecule is Cc1nn(C)c(CC(=O)C2CC2)c1Br. The molecule has 0 N–H and O–H groups in total. The van der Waals surface area contributed by atoms with Crippen molar-refractivity contribution in [2.45, 2.75) is 26.2 Å². The van der Waals surface area contributed by atoms with Crippen molar-refractivity contribution >= 4 is 21.7 Å². The van der Waals surface area contributed by atoms with Crippen LogP contribution in [0.5, 0.6) is 0 Å². The minimum absolute atomic E-state index is 0.331. The van der Waals surface area contributed by atoms with Crippen molar-refractivity contribution in [3.63, 3.8) is 0 Å². The van der Waals surface area contributed by atoms with Gasteiger partial charge in [0, 0.05) is 19.4 Å². The molecule has 1 aliphatic rings. The highest BCUT2D eigenvalue weighted by molar-refractivity contribution is 9.10. The molecule has 1 aromatic rings. The van der Waals surface area contributed by atoms with Gasteiger partial charge in [0.05, 0.1) is 15.9 Å². The number of ketones is 1. The fourth-order valence-electron chi connectivity index (χ4n) is 1.59. The van der Waals surface area contributed by atoms with Crippen LogP contribution in [0.1, 0.15) is 24.2 Å². The third-order valence-corrected chi connectivity index (χ3v) is 3.67. The number of hydrogen-bond donors (Lipinski definition) is 0. The highest BCUT2D eigenvalue weighted by Crippen LogP contribution is 2.32. The second-order valence-electron chi connectivity index (χ2n) is 3.89. The van der Waals surface area contributed by atoms with Crippen molar-refractivity contribution < 1.29 is 4.79 Å². The number of nitrogens with zero attached hydrogens (tertiary/aromatic N) is 2. The zero-order valence-electron chi connectivity index (χ0n) is 8.38. The quantitative estimate of drug-likeness (QED) is 0.830. The van der Waals surface area contributed by atoms with E-state index in [4.69, 9.17) is 0 Å². The van der Waals surface area contributed by atoms with Gasteiger partial charge in [-0.25, -0.2) is 0 Å². The van der Waals surface area contributed by atoms with Crippen LogP contribution >= 0.6 is 15.9 Å². The van der Waals surface area contributed by atoms with Crippen molar-refractivity contribution in [1.29, 1.82) is 0 Å². The van der Waals surface area contributed by atoms with Gasteiger partial charge in [0.15, 0.2) is 0 Å². The summed E-state index contributed by atoms with van der Waals surface area (Å²) in [5.41, 5.74) is 1.95. The molecule has 0 saturated heterocycles. The molecule has 2 rings (SSSR count). The van der Waals surface area contributed by atoms with E-state index in [2.05, 4.69) is 21.0 Å². The van der Waals surface area contributed by atoms with Gasteiger partial charge in [-0.05, 0) is 35.7 Å². The molecule has 0 radical (unpaired) electrons. The molecule has 1 fully saturated rings. The molecule has 0 atom stereocenters. The van der Waals surface area contributed by atoms with Gasteiger partial charge in [-0.1, -0.05) is 0 Å². The molecule has 4 heteroatoms. The topological polar surface area (TPSA) is 34.9 Å². The van der Waals surface area contributed by atoms with E-state index in [0.29, 0.717) is 18.1 Å². The second kappa shape index (κ2) is 3.50. The number of carbonyl (C=O) groups excluding carboxylic acids is 1. The molecule has 1 aromatic heterocycles. The number of aromatic nitrogens is 2. The van der Waals surface area contributed by atoms with Gasteiger partial charge in [0.25, 0.3) is 0 Å². The van der Waals surface area contributed by atoms with Gasteiger partial charge in [-0.2, -0.15) is 5.10 Å². The maximum atomic E-state index is 11.6. The van der Waals surface area contributed by atoms with Crippen LogP contribution < -0.4 is 0 Å². The smallest absolute Gasteiger partial charge is 0.141 e. The van der Waals surface area contributed by atoms with Crippen LogP contribution in [-0.2, 0) is 18.3 Å². The van der Waals surface area contributed by atoms with Crippen LogP contribution in [0, 0.1) is 12.8 Å². The molecule has 0 spiro atoms. The summed E-state index contributed by atoms with van der Waals surface area (Å²) in [5, 5.41) is 4.26. The molecule has 0 aromatic carbocycles. The summed E-state index contributed by atoms with van der Waals surface area (Å²) >= 11 is 3.46. The number of aryl methyl sites for hydroxylation is 2. The second-order valence-corrected chi connectivity index (χ2v) is 4.68. The van der Waals surface area contributed by atoms with E-state index in [0.717, 1.165) is 28.7 Å². The lowest BCUT2D eigenvalue weighted by Gasteiger charge is -2.00. The van der Waals surface area contributed by atoms with Gasteiger partial charge < -0.3 is 0 Å². The Morgan fingerprint density at radius 1 is 1.64 bits per heavy atom. The van der Waals surface area contributed by atoms with Crippen molar-refractivity contribution in [2.24, 2.45) is 13.0 Å². The van der Waals surface area contributed by atoms with Gasteiger partial charge in [-0.3, -0.25) is 9.48 Å². The molecule has 0 aliphatic heterocycles. The average molecular weight is 257 g/mol. The summed E-state index contributed by atoms with van der Waals surface area (Å²) in [5.74, 6) is 0.686. The molecule has 1 aliphatic carbocycles. The maximum absolute atomic E-state index is 11.6. The molecule has 0 unspecified atom stereocenters. The summed E-state index contributed by atoms with van der Waals surface area (Å²) < 4.78 is 2.77. The van der Waals surface area contributed by atoms with Crippen LogP contribution in [0.25, 0.3) is 0 Å². The van der Waals surface area contributed by atoms with E-state index in [-0.39, 0.29) is 0 Å². The lowest BCUT2D eigenvalue weighted by atomic mass is 10.1. The molecule has 0 bridgehead atoms. The maximum Gasteiger partial charge on any atom is 0.141 e. The molecule has 76 valence electrons. The van der Waals surface area contributed by atoms with E-state index >= 15 is 0 Å². The normalized spacial score (nSPS) is 15.9. The number of Topliss-reactive ketones (excluding diaryl/α,β-unsaturated/α-hetero) is 1. The first-order valence-corrected chi connectivity index (χ1v) is 5.59. The van der Waals surface area contributed by atoms with E-state index in [9.17, 15) is 4.79 Å². The van der Waals surface area contributed by atoms with E-state index in [1.165, 1.54) is 0 Å².